The van der Waals surface area contributed by atoms with Gasteiger partial charge in [-0.25, -0.2) is 4.98 Å². The van der Waals surface area contributed by atoms with E-state index in [4.69, 9.17) is 19.2 Å². The molecule has 6 rings (SSSR count). The maximum absolute atomic E-state index is 10.8. The van der Waals surface area contributed by atoms with Gasteiger partial charge < -0.3 is 19.2 Å². The molecule has 0 unspecified atom stereocenters. The van der Waals surface area contributed by atoms with Crippen molar-refractivity contribution >= 4 is 33.5 Å². The molecule has 1 aromatic heterocycles. The number of carboxylic acid groups (broad SMARTS) is 1. The van der Waals surface area contributed by atoms with Crippen LogP contribution in [0.15, 0.2) is 120 Å². The van der Waals surface area contributed by atoms with Crippen LogP contribution in [0.2, 0.25) is 0 Å². The van der Waals surface area contributed by atoms with Crippen LogP contribution in [-0.2, 0) is 17.9 Å². The first-order chi connectivity index (χ1) is 21.1. The van der Waals surface area contributed by atoms with E-state index in [9.17, 15) is 4.79 Å². The van der Waals surface area contributed by atoms with Crippen molar-refractivity contribution in [3.05, 3.63) is 126 Å². The number of carbonyl (C=O) groups is 1. The van der Waals surface area contributed by atoms with E-state index in [1.807, 2.05) is 36.4 Å². The zero-order chi connectivity index (χ0) is 29.4. The molecule has 0 fully saturated rings. The fourth-order valence-electron chi connectivity index (χ4n) is 5.31. The van der Waals surface area contributed by atoms with Gasteiger partial charge in [-0.05, 0) is 65.4 Å². The van der Waals surface area contributed by atoms with Crippen molar-refractivity contribution in [3.63, 3.8) is 0 Å². The molecule has 0 saturated heterocycles. The number of nitrogens with zero attached hydrogens (tertiary/aromatic N) is 2. The number of rotatable bonds is 13. The van der Waals surface area contributed by atoms with Crippen molar-refractivity contribution in [2.75, 3.05) is 11.5 Å². The summed E-state index contributed by atoms with van der Waals surface area (Å²) in [7, 11) is 0. The highest BCUT2D eigenvalue weighted by atomic mass is 16.5. The average Bonchev–Trinajstić information content (AvgIpc) is 3.46. The largest absolute Gasteiger partial charge is 0.493 e. The molecule has 1 N–H and O–H groups in total. The molecule has 0 radical (unpaired) electrons. The Hall–Kier alpha value is -5.10. The number of aliphatic carboxylic acids is 1. The monoisotopic (exact) mass is 570 g/mol. The number of oxazole rings is 1. The van der Waals surface area contributed by atoms with Crippen LogP contribution >= 0.6 is 0 Å². The van der Waals surface area contributed by atoms with Gasteiger partial charge in [0.25, 0.3) is 0 Å². The molecule has 5 aromatic carbocycles. The lowest BCUT2D eigenvalue weighted by Crippen LogP contribution is -2.22. The molecule has 0 bridgehead atoms. The summed E-state index contributed by atoms with van der Waals surface area (Å²) in [5.41, 5.74) is 5.82. The number of ether oxygens (including phenoxy) is 1. The maximum Gasteiger partial charge on any atom is 0.303 e. The number of anilines is 1. The zero-order valence-electron chi connectivity index (χ0n) is 24.0. The Morgan fingerprint density at radius 3 is 2.07 bits per heavy atom. The Morgan fingerprint density at radius 1 is 0.744 bits per heavy atom. The lowest BCUT2D eigenvalue weighted by molar-refractivity contribution is -0.137. The van der Waals surface area contributed by atoms with E-state index in [1.54, 1.807) is 0 Å². The first-order valence-electron chi connectivity index (χ1n) is 14.7. The van der Waals surface area contributed by atoms with E-state index < -0.39 is 5.97 Å². The molecule has 6 aromatic rings. The highest BCUT2D eigenvalue weighted by Crippen LogP contribution is 2.36. The number of hydrogen-bond acceptors (Lipinski definition) is 5. The second-order valence-corrected chi connectivity index (χ2v) is 10.7. The molecule has 0 aliphatic heterocycles. The number of unbranched alkanes of at least 4 members (excludes halogenated alkanes) is 2. The quantitative estimate of drug-likeness (QED) is 0.140. The van der Waals surface area contributed by atoms with Crippen LogP contribution in [0.5, 0.6) is 5.75 Å². The molecule has 0 spiro atoms. The Kier molecular flexibility index (Phi) is 8.64. The first kappa shape index (κ1) is 28.0. The van der Waals surface area contributed by atoms with Gasteiger partial charge >= 0.3 is 5.97 Å². The molecule has 0 atom stereocenters. The molecule has 43 heavy (non-hydrogen) atoms. The van der Waals surface area contributed by atoms with Crippen molar-refractivity contribution in [1.29, 1.82) is 0 Å². The molecule has 6 nitrogen and oxygen atoms in total. The number of carboxylic acids is 1. The van der Waals surface area contributed by atoms with Crippen molar-refractivity contribution in [3.8, 4) is 17.2 Å². The van der Waals surface area contributed by atoms with Crippen LogP contribution in [0.25, 0.3) is 33.3 Å². The summed E-state index contributed by atoms with van der Waals surface area (Å²) in [5.74, 6) is 0.454. The molecule has 216 valence electrons. The predicted octanol–water partition coefficient (Wildman–Crippen LogP) is 8.88. The number of aromatic nitrogens is 1. The van der Waals surface area contributed by atoms with Gasteiger partial charge in [-0.15, -0.1) is 0 Å². The Bertz CT molecular complexity index is 1770. The SMILES string of the molecule is O=C(O)CCCCCOc1cc2ccccc2cc1-c1nc2ccc(N(Cc3ccccc3)Cc3ccccc3)cc2o1. The Balaban J connectivity index is 1.30. The summed E-state index contributed by atoms with van der Waals surface area (Å²) in [6, 6.07) is 39.4. The second kappa shape index (κ2) is 13.3. The summed E-state index contributed by atoms with van der Waals surface area (Å²) in [4.78, 5) is 18.0. The van der Waals surface area contributed by atoms with Crippen LogP contribution in [0.4, 0.5) is 5.69 Å². The molecule has 0 aliphatic rings. The van der Waals surface area contributed by atoms with E-state index in [0.29, 0.717) is 30.3 Å². The van der Waals surface area contributed by atoms with Gasteiger partial charge in [-0.1, -0.05) is 84.9 Å². The summed E-state index contributed by atoms with van der Waals surface area (Å²) in [6.07, 6.45) is 2.39. The normalized spacial score (nSPS) is 11.2. The van der Waals surface area contributed by atoms with Gasteiger partial charge in [0.05, 0.1) is 12.2 Å². The second-order valence-electron chi connectivity index (χ2n) is 10.7. The molecular formula is C37H34N2O4. The van der Waals surface area contributed by atoms with E-state index in [-0.39, 0.29) is 6.42 Å². The molecule has 0 saturated carbocycles. The smallest absolute Gasteiger partial charge is 0.303 e. The fraction of sp³-hybridized carbons (Fsp3) is 0.189. The van der Waals surface area contributed by atoms with Gasteiger partial charge in [0.1, 0.15) is 11.3 Å². The van der Waals surface area contributed by atoms with Crippen molar-refractivity contribution in [2.24, 2.45) is 0 Å². The summed E-state index contributed by atoms with van der Waals surface area (Å²) in [5, 5.41) is 11.0. The summed E-state index contributed by atoms with van der Waals surface area (Å²) < 4.78 is 12.7. The maximum atomic E-state index is 10.8. The van der Waals surface area contributed by atoms with Crippen LogP contribution in [0.1, 0.15) is 36.8 Å². The van der Waals surface area contributed by atoms with Gasteiger partial charge in [-0.3, -0.25) is 4.79 Å². The minimum Gasteiger partial charge on any atom is -0.493 e. The summed E-state index contributed by atoms with van der Waals surface area (Å²) in [6.45, 7) is 2.01. The van der Waals surface area contributed by atoms with Crippen molar-refractivity contribution < 1.29 is 19.1 Å². The van der Waals surface area contributed by atoms with Crippen LogP contribution in [0, 0.1) is 0 Å². The van der Waals surface area contributed by atoms with Gasteiger partial charge in [-0.2, -0.15) is 0 Å². The highest BCUT2D eigenvalue weighted by molar-refractivity contribution is 5.90. The Labute approximate surface area is 251 Å². The van der Waals surface area contributed by atoms with Gasteiger partial charge in [0.15, 0.2) is 5.58 Å². The lowest BCUT2D eigenvalue weighted by atomic mass is 10.1. The predicted molar refractivity (Wildman–Crippen MR) is 171 cm³/mol. The summed E-state index contributed by atoms with van der Waals surface area (Å²) >= 11 is 0. The van der Waals surface area contributed by atoms with Crippen molar-refractivity contribution in [1.82, 2.24) is 4.98 Å². The number of hydrogen-bond donors (Lipinski definition) is 1. The van der Waals surface area contributed by atoms with Gasteiger partial charge in [0, 0.05) is 31.3 Å². The minimum atomic E-state index is -0.764. The zero-order valence-corrected chi connectivity index (χ0v) is 24.0. The highest BCUT2D eigenvalue weighted by Gasteiger charge is 2.17. The number of benzene rings is 5. The lowest BCUT2D eigenvalue weighted by Gasteiger charge is -2.25. The molecule has 1 heterocycles. The average molecular weight is 571 g/mol. The molecular weight excluding hydrogens is 536 g/mol. The van der Waals surface area contributed by atoms with Crippen LogP contribution in [-0.4, -0.2) is 22.7 Å². The first-order valence-corrected chi connectivity index (χ1v) is 14.7. The van der Waals surface area contributed by atoms with Crippen LogP contribution in [0.3, 0.4) is 0 Å². The molecule has 6 heteroatoms. The third kappa shape index (κ3) is 7.04. The van der Waals surface area contributed by atoms with E-state index in [0.717, 1.165) is 53.5 Å². The third-order valence-electron chi connectivity index (χ3n) is 7.54. The van der Waals surface area contributed by atoms with E-state index >= 15 is 0 Å². The Morgan fingerprint density at radius 2 is 1.40 bits per heavy atom. The van der Waals surface area contributed by atoms with E-state index in [1.165, 1.54) is 11.1 Å². The topological polar surface area (TPSA) is 75.8 Å². The minimum absolute atomic E-state index is 0.181. The fourth-order valence-corrected chi connectivity index (χ4v) is 5.31. The third-order valence-corrected chi connectivity index (χ3v) is 7.54. The molecule has 0 aliphatic carbocycles. The standard InChI is InChI=1S/C37H34N2O4/c40-36(41)18-8-3-11-21-42-34-23-30-17-10-9-16-29(30)22-32(34)37-38-33-20-19-31(24-35(33)43-37)39(25-27-12-4-1-5-13-27)26-28-14-6-2-7-15-28/h1-2,4-7,9-10,12-17,19-20,22-24H,3,8,11,18,21,25-26H2,(H,40,41). The molecule has 0 amide bonds. The van der Waals surface area contributed by atoms with Crippen molar-refractivity contribution in [2.45, 2.75) is 38.8 Å². The van der Waals surface area contributed by atoms with E-state index in [2.05, 4.69) is 83.8 Å². The number of fused-ring (bicyclic) bond motifs is 2. The van der Waals surface area contributed by atoms with Crippen LogP contribution < -0.4 is 9.64 Å². The van der Waals surface area contributed by atoms with Gasteiger partial charge in [0.2, 0.25) is 5.89 Å².